The molecule has 2 aliphatic heterocycles. The number of nitrogens with one attached hydrogen (secondary N) is 1. The highest BCUT2D eigenvalue weighted by molar-refractivity contribution is 5.92. The molecule has 0 saturated carbocycles. The molecular formula is C16H21FN2O4. The van der Waals surface area contributed by atoms with Crippen LogP contribution >= 0.6 is 0 Å². The third-order valence-corrected chi connectivity index (χ3v) is 3.98. The van der Waals surface area contributed by atoms with Gasteiger partial charge in [-0.15, -0.1) is 0 Å². The number of carbonyl (C=O) groups excluding carboxylic acids is 1. The van der Waals surface area contributed by atoms with E-state index < -0.39 is 5.67 Å². The van der Waals surface area contributed by atoms with E-state index in [2.05, 4.69) is 5.32 Å². The Balaban J connectivity index is 1.54. The number of benzene rings is 1. The largest absolute Gasteiger partial charge is 0.486 e. The summed E-state index contributed by atoms with van der Waals surface area (Å²) < 4.78 is 30.1. The molecule has 2 heterocycles. The number of fused-ring (bicyclic) bond motifs is 1. The third kappa shape index (κ3) is 3.92. The molecule has 0 bridgehead atoms. The summed E-state index contributed by atoms with van der Waals surface area (Å²) in [4.78, 5) is 13.9. The molecule has 23 heavy (non-hydrogen) atoms. The van der Waals surface area contributed by atoms with Crippen LogP contribution in [0, 0.1) is 0 Å². The van der Waals surface area contributed by atoms with Crippen LogP contribution in [0.4, 0.5) is 10.1 Å². The number of hydrogen-bond acceptors (Lipinski definition) is 5. The van der Waals surface area contributed by atoms with Gasteiger partial charge in [0.1, 0.15) is 18.9 Å². The first-order chi connectivity index (χ1) is 11.1. The van der Waals surface area contributed by atoms with Crippen LogP contribution in [0.1, 0.15) is 6.42 Å². The van der Waals surface area contributed by atoms with Gasteiger partial charge in [-0.25, -0.2) is 4.39 Å². The summed E-state index contributed by atoms with van der Waals surface area (Å²) in [6, 6.07) is 5.27. The van der Waals surface area contributed by atoms with Gasteiger partial charge in [-0.3, -0.25) is 9.69 Å². The minimum atomic E-state index is -1.36. The average Bonchev–Trinajstić information content (AvgIpc) is 2.88. The lowest BCUT2D eigenvalue weighted by atomic mass is 10.1. The van der Waals surface area contributed by atoms with E-state index in [0.717, 1.165) is 0 Å². The molecule has 6 nitrogen and oxygen atoms in total. The second-order valence-corrected chi connectivity index (χ2v) is 5.95. The molecule has 126 valence electrons. The summed E-state index contributed by atoms with van der Waals surface area (Å²) >= 11 is 0. The van der Waals surface area contributed by atoms with Gasteiger partial charge < -0.3 is 19.5 Å². The standard InChI is InChI=1S/C16H21FN2O4/c1-21-11-16(17)4-5-19(10-16)9-15(20)18-12-2-3-13-14(8-12)23-7-6-22-13/h2-3,8H,4-7,9-11H2,1H3,(H,18,20). The SMILES string of the molecule is COCC1(F)CCN(CC(=O)Nc2ccc3c(c2)OCCO3)C1. The molecule has 1 unspecified atom stereocenters. The lowest BCUT2D eigenvalue weighted by Gasteiger charge is -2.20. The highest BCUT2D eigenvalue weighted by Gasteiger charge is 2.38. The predicted molar refractivity (Wildman–Crippen MR) is 82.8 cm³/mol. The Bertz CT molecular complexity index is 583. The molecule has 0 aromatic heterocycles. The van der Waals surface area contributed by atoms with Crippen molar-refractivity contribution < 1.29 is 23.4 Å². The van der Waals surface area contributed by atoms with Gasteiger partial charge in [-0.05, 0) is 18.6 Å². The predicted octanol–water partition coefficient (Wildman–Crippen LogP) is 1.46. The van der Waals surface area contributed by atoms with Gasteiger partial charge in [0, 0.05) is 32.0 Å². The Kier molecular flexibility index (Phi) is 4.68. The van der Waals surface area contributed by atoms with Crippen LogP contribution in [0.25, 0.3) is 0 Å². The fourth-order valence-electron chi connectivity index (χ4n) is 2.95. The van der Waals surface area contributed by atoms with E-state index in [9.17, 15) is 9.18 Å². The highest BCUT2D eigenvalue weighted by atomic mass is 19.1. The fourth-order valence-corrected chi connectivity index (χ4v) is 2.95. The van der Waals surface area contributed by atoms with Gasteiger partial charge in [-0.2, -0.15) is 0 Å². The second kappa shape index (κ2) is 6.72. The van der Waals surface area contributed by atoms with Crippen LogP contribution in [-0.4, -0.2) is 63.0 Å². The minimum absolute atomic E-state index is 0.0628. The first kappa shape index (κ1) is 16.0. The van der Waals surface area contributed by atoms with Crippen molar-refractivity contribution in [2.24, 2.45) is 0 Å². The maximum Gasteiger partial charge on any atom is 0.238 e. The van der Waals surface area contributed by atoms with Gasteiger partial charge in [0.15, 0.2) is 11.5 Å². The van der Waals surface area contributed by atoms with Crippen molar-refractivity contribution in [3.8, 4) is 11.5 Å². The Morgan fingerprint density at radius 1 is 1.39 bits per heavy atom. The first-order valence-electron chi connectivity index (χ1n) is 7.68. The van der Waals surface area contributed by atoms with Gasteiger partial charge >= 0.3 is 0 Å². The van der Waals surface area contributed by atoms with Crippen molar-refractivity contribution in [2.45, 2.75) is 12.1 Å². The number of likely N-dealkylation sites (tertiary alicyclic amines) is 1. The normalized spacial score (nSPS) is 23.7. The van der Waals surface area contributed by atoms with Gasteiger partial charge in [0.05, 0.1) is 13.2 Å². The number of carbonyl (C=O) groups is 1. The highest BCUT2D eigenvalue weighted by Crippen LogP contribution is 2.32. The maximum absolute atomic E-state index is 14.3. The summed E-state index contributed by atoms with van der Waals surface area (Å²) in [5.41, 5.74) is -0.715. The topological polar surface area (TPSA) is 60.0 Å². The van der Waals surface area contributed by atoms with Gasteiger partial charge in [0.2, 0.25) is 5.91 Å². The number of methoxy groups -OCH3 is 1. The molecule has 1 saturated heterocycles. The van der Waals surface area contributed by atoms with Crippen LogP contribution in [0.2, 0.25) is 0 Å². The van der Waals surface area contributed by atoms with E-state index in [1.165, 1.54) is 7.11 Å². The number of halogens is 1. The lowest BCUT2D eigenvalue weighted by Crippen LogP contribution is -2.36. The summed E-state index contributed by atoms with van der Waals surface area (Å²) in [7, 11) is 1.48. The van der Waals surface area contributed by atoms with Crippen molar-refractivity contribution in [2.75, 3.05) is 51.9 Å². The molecule has 1 atom stereocenters. The molecule has 2 aliphatic rings. The minimum Gasteiger partial charge on any atom is -0.486 e. The van der Waals surface area contributed by atoms with Crippen LogP contribution < -0.4 is 14.8 Å². The zero-order chi connectivity index (χ0) is 16.3. The number of nitrogens with zero attached hydrogens (tertiary/aromatic N) is 1. The van der Waals surface area contributed by atoms with Crippen LogP contribution in [0.3, 0.4) is 0 Å². The quantitative estimate of drug-likeness (QED) is 0.888. The van der Waals surface area contributed by atoms with E-state index in [1.54, 1.807) is 23.1 Å². The van der Waals surface area contributed by atoms with Crippen molar-refractivity contribution in [3.63, 3.8) is 0 Å². The zero-order valence-electron chi connectivity index (χ0n) is 13.1. The maximum atomic E-state index is 14.3. The molecule has 0 radical (unpaired) electrons. The smallest absolute Gasteiger partial charge is 0.238 e. The monoisotopic (exact) mass is 324 g/mol. The first-order valence-corrected chi connectivity index (χ1v) is 7.68. The summed E-state index contributed by atoms with van der Waals surface area (Å²) in [6.45, 7) is 2.01. The molecule has 1 N–H and O–H groups in total. The fraction of sp³-hybridized carbons (Fsp3) is 0.562. The van der Waals surface area contributed by atoms with Crippen molar-refractivity contribution >= 4 is 11.6 Å². The van der Waals surface area contributed by atoms with Crippen LogP contribution in [-0.2, 0) is 9.53 Å². The zero-order valence-corrected chi connectivity index (χ0v) is 13.1. The number of alkyl halides is 1. The number of ether oxygens (including phenoxy) is 3. The molecule has 7 heteroatoms. The third-order valence-electron chi connectivity index (χ3n) is 3.98. The van der Waals surface area contributed by atoms with E-state index in [4.69, 9.17) is 14.2 Å². The second-order valence-electron chi connectivity index (χ2n) is 5.95. The van der Waals surface area contributed by atoms with E-state index in [0.29, 0.717) is 43.4 Å². The summed E-state index contributed by atoms with van der Waals surface area (Å²) in [6.07, 6.45) is 0.387. The summed E-state index contributed by atoms with van der Waals surface area (Å²) in [5, 5.41) is 2.81. The van der Waals surface area contributed by atoms with Crippen molar-refractivity contribution in [1.82, 2.24) is 4.90 Å². The van der Waals surface area contributed by atoms with Gasteiger partial charge in [0.25, 0.3) is 0 Å². The average molecular weight is 324 g/mol. The lowest BCUT2D eigenvalue weighted by molar-refractivity contribution is -0.117. The van der Waals surface area contributed by atoms with E-state index >= 15 is 0 Å². The Hall–Kier alpha value is -1.86. The number of rotatable bonds is 5. The molecule has 1 amide bonds. The van der Waals surface area contributed by atoms with Crippen molar-refractivity contribution in [1.29, 1.82) is 0 Å². The molecule has 1 aromatic carbocycles. The summed E-state index contributed by atoms with van der Waals surface area (Å²) in [5.74, 6) is 1.12. The Morgan fingerprint density at radius 3 is 2.96 bits per heavy atom. The Morgan fingerprint density at radius 2 is 2.17 bits per heavy atom. The molecular weight excluding hydrogens is 303 g/mol. The number of hydrogen-bond donors (Lipinski definition) is 1. The molecule has 1 fully saturated rings. The van der Waals surface area contributed by atoms with E-state index in [1.807, 2.05) is 0 Å². The van der Waals surface area contributed by atoms with E-state index in [-0.39, 0.29) is 25.6 Å². The van der Waals surface area contributed by atoms with Crippen LogP contribution in [0.15, 0.2) is 18.2 Å². The number of amides is 1. The van der Waals surface area contributed by atoms with Gasteiger partial charge in [-0.1, -0.05) is 0 Å². The number of anilines is 1. The Labute approximate surface area is 134 Å². The molecule has 3 rings (SSSR count). The van der Waals surface area contributed by atoms with Crippen molar-refractivity contribution in [3.05, 3.63) is 18.2 Å². The molecule has 1 aromatic rings. The molecule has 0 spiro atoms. The van der Waals surface area contributed by atoms with Crippen LogP contribution in [0.5, 0.6) is 11.5 Å². The molecule has 0 aliphatic carbocycles.